The van der Waals surface area contributed by atoms with Crippen molar-refractivity contribution in [1.29, 1.82) is 0 Å². The van der Waals surface area contributed by atoms with Crippen molar-refractivity contribution in [3.05, 3.63) is 40.4 Å². The first-order valence-electron chi connectivity index (χ1n) is 8.05. The van der Waals surface area contributed by atoms with E-state index in [4.69, 9.17) is 4.98 Å². The van der Waals surface area contributed by atoms with Crippen LogP contribution in [-0.2, 0) is 13.0 Å². The van der Waals surface area contributed by atoms with Gasteiger partial charge in [0, 0.05) is 23.0 Å². The second-order valence-electron chi connectivity index (χ2n) is 5.97. The van der Waals surface area contributed by atoms with Crippen LogP contribution in [0.4, 0.5) is 0 Å². The van der Waals surface area contributed by atoms with E-state index >= 15 is 0 Å². The topological polar surface area (TPSA) is 24.9 Å². The summed E-state index contributed by atoms with van der Waals surface area (Å²) in [5.41, 5.74) is 3.81. The Labute approximate surface area is 131 Å². The van der Waals surface area contributed by atoms with Gasteiger partial charge in [0.15, 0.2) is 0 Å². The minimum atomic E-state index is 0.722. The number of thiazole rings is 1. The maximum Gasteiger partial charge on any atom is 0.123 e. The second-order valence-corrected chi connectivity index (χ2v) is 7.05. The smallest absolute Gasteiger partial charge is 0.123 e. The van der Waals surface area contributed by atoms with Crippen LogP contribution in [0.2, 0.25) is 0 Å². The Balaban J connectivity index is 1.75. The summed E-state index contributed by atoms with van der Waals surface area (Å²) in [4.78, 5) is 6.27. The predicted octanol–water partition coefficient (Wildman–Crippen LogP) is 4.71. The summed E-state index contributed by atoms with van der Waals surface area (Å²) in [6.45, 7) is 5.31. The molecule has 3 heteroatoms. The van der Waals surface area contributed by atoms with E-state index in [1.807, 2.05) is 11.3 Å². The van der Waals surface area contributed by atoms with Crippen LogP contribution in [0.25, 0.3) is 10.6 Å². The molecule has 1 aliphatic rings. The second kappa shape index (κ2) is 6.71. The lowest BCUT2D eigenvalue weighted by Gasteiger charge is -2.10. The standard InChI is InChI=1S/C18H24N2S/c1-3-16-17(12-19-15-6-4-5-7-15)21-18(20-16)14-10-8-13(2)9-11-14/h8-11,15,19H,3-7,12H2,1-2H3. The highest BCUT2D eigenvalue weighted by atomic mass is 32.1. The highest BCUT2D eigenvalue weighted by Crippen LogP contribution is 2.29. The van der Waals surface area contributed by atoms with E-state index in [1.54, 1.807) is 0 Å². The minimum absolute atomic E-state index is 0.722. The molecule has 2 nitrogen and oxygen atoms in total. The first kappa shape index (κ1) is 14.7. The van der Waals surface area contributed by atoms with Gasteiger partial charge < -0.3 is 5.32 Å². The third kappa shape index (κ3) is 3.53. The van der Waals surface area contributed by atoms with Crippen molar-refractivity contribution in [1.82, 2.24) is 10.3 Å². The van der Waals surface area contributed by atoms with Crippen LogP contribution in [-0.4, -0.2) is 11.0 Å². The number of benzene rings is 1. The Hall–Kier alpha value is -1.19. The van der Waals surface area contributed by atoms with Gasteiger partial charge in [0.1, 0.15) is 5.01 Å². The van der Waals surface area contributed by atoms with Gasteiger partial charge in [0.05, 0.1) is 5.69 Å². The molecular weight excluding hydrogens is 276 g/mol. The highest BCUT2D eigenvalue weighted by molar-refractivity contribution is 7.15. The number of aromatic nitrogens is 1. The Bertz CT molecular complexity index is 580. The summed E-state index contributed by atoms with van der Waals surface area (Å²) in [6, 6.07) is 9.42. The van der Waals surface area contributed by atoms with Gasteiger partial charge in [-0.2, -0.15) is 0 Å². The van der Waals surface area contributed by atoms with E-state index in [0.717, 1.165) is 24.0 Å². The van der Waals surface area contributed by atoms with Crippen molar-refractivity contribution in [2.75, 3.05) is 0 Å². The molecule has 0 spiro atoms. The molecule has 112 valence electrons. The van der Waals surface area contributed by atoms with Gasteiger partial charge in [0.25, 0.3) is 0 Å². The molecule has 0 amide bonds. The van der Waals surface area contributed by atoms with Crippen LogP contribution in [0.15, 0.2) is 24.3 Å². The molecule has 0 bridgehead atoms. The van der Waals surface area contributed by atoms with Gasteiger partial charge in [-0.3, -0.25) is 0 Å². The zero-order valence-corrected chi connectivity index (χ0v) is 13.8. The Morgan fingerprint density at radius 3 is 2.57 bits per heavy atom. The van der Waals surface area contributed by atoms with Crippen LogP contribution >= 0.6 is 11.3 Å². The van der Waals surface area contributed by atoms with Gasteiger partial charge in [-0.1, -0.05) is 49.6 Å². The van der Waals surface area contributed by atoms with Crippen molar-refractivity contribution in [2.45, 2.75) is 58.5 Å². The molecule has 1 aromatic carbocycles. The highest BCUT2D eigenvalue weighted by Gasteiger charge is 2.16. The van der Waals surface area contributed by atoms with Crippen LogP contribution in [0.1, 0.15) is 48.7 Å². The zero-order valence-electron chi connectivity index (χ0n) is 13.0. The predicted molar refractivity (Wildman–Crippen MR) is 90.8 cm³/mol. The van der Waals surface area contributed by atoms with Crippen LogP contribution in [0, 0.1) is 6.92 Å². The fourth-order valence-corrected chi connectivity index (χ4v) is 4.09. The quantitative estimate of drug-likeness (QED) is 0.864. The SMILES string of the molecule is CCc1nc(-c2ccc(C)cc2)sc1CNC1CCCC1. The Kier molecular flexibility index (Phi) is 4.71. The number of hydrogen-bond acceptors (Lipinski definition) is 3. The molecule has 3 rings (SSSR count). The number of nitrogens with one attached hydrogen (secondary N) is 1. The molecule has 2 aromatic rings. The average molecular weight is 300 g/mol. The summed E-state index contributed by atoms with van der Waals surface area (Å²) >= 11 is 1.85. The number of nitrogens with zero attached hydrogens (tertiary/aromatic N) is 1. The van der Waals surface area contributed by atoms with Crippen molar-refractivity contribution < 1.29 is 0 Å². The molecule has 1 fully saturated rings. The third-order valence-corrected chi connectivity index (χ3v) is 5.46. The number of aryl methyl sites for hydroxylation is 2. The lowest BCUT2D eigenvalue weighted by atomic mass is 10.2. The van der Waals surface area contributed by atoms with Gasteiger partial charge in [0.2, 0.25) is 0 Å². The van der Waals surface area contributed by atoms with E-state index in [2.05, 4.69) is 43.4 Å². The average Bonchev–Trinajstić information content (AvgIpc) is 3.15. The summed E-state index contributed by atoms with van der Waals surface area (Å²) in [7, 11) is 0. The first-order chi connectivity index (χ1) is 10.3. The largest absolute Gasteiger partial charge is 0.309 e. The molecule has 1 saturated carbocycles. The molecule has 0 radical (unpaired) electrons. The molecular formula is C18H24N2S. The third-order valence-electron chi connectivity index (χ3n) is 4.32. The molecule has 0 unspecified atom stereocenters. The van der Waals surface area contributed by atoms with Crippen LogP contribution < -0.4 is 5.32 Å². The van der Waals surface area contributed by atoms with Gasteiger partial charge in [-0.25, -0.2) is 4.98 Å². The molecule has 1 aliphatic carbocycles. The molecule has 1 heterocycles. The lowest BCUT2D eigenvalue weighted by Crippen LogP contribution is -2.25. The molecule has 1 N–H and O–H groups in total. The van der Waals surface area contributed by atoms with Gasteiger partial charge in [-0.15, -0.1) is 11.3 Å². The monoisotopic (exact) mass is 300 g/mol. The van der Waals surface area contributed by atoms with Gasteiger partial charge >= 0.3 is 0 Å². The van der Waals surface area contributed by atoms with Crippen molar-refractivity contribution >= 4 is 11.3 Å². The van der Waals surface area contributed by atoms with E-state index in [1.165, 1.54) is 47.4 Å². The minimum Gasteiger partial charge on any atom is -0.309 e. The van der Waals surface area contributed by atoms with Crippen molar-refractivity contribution in [3.63, 3.8) is 0 Å². The number of rotatable bonds is 5. The van der Waals surface area contributed by atoms with Crippen molar-refractivity contribution in [3.8, 4) is 10.6 Å². The normalized spacial score (nSPS) is 15.7. The van der Waals surface area contributed by atoms with Crippen LogP contribution in [0.3, 0.4) is 0 Å². The first-order valence-corrected chi connectivity index (χ1v) is 8.87. The molecule has 1 aromatic heterocycles. The van der Waals surface area contributed by atoms with E-state index in [9.17, 15) is 0 Å². The lowest BCUT2D eigenvalue weighted by molar-refractivity contribution is 0.525. The summed E-state index contributed by atoms with van der Waals surface area (Å²) in [5.74, 6) is 0. The summed E-state index contributed by atoms with van der Waals surface area (Å²) in [6.07, 6.45) is 6.46. The molecule has 0 aliphatic heterocycles. The van der Waals surface area contributed by atoms with Crippen LogP contribution in [0.5, 0.6) is 0 Å². The summed E-state index contributed by atoms with van der Waals surface area (Å²) in [5, 5.41) is 4.88. The zero-order chi connectivity index (χ0) is 14.7. The van der Waals surface area contributed by atoms with E-state index < -0.39 is 0 Å². The van der Waals surface area contributed by atoms with Crippen molar-refractivity contribution in [2.24, 2.45) is 0 Å². The molecule has 0 atom stereocenters. The van der Waals surface area contributed by atoms with E-state index in [0.29, 0.717) is 0 Å². The molecule has 0 saturated heterocycles. The Morgan fingerprint density at radius 2 is 1.90 bits per heavy atom. The summed E-state index contributed by atoms with van der Waals surface area (Å²) < 4.78 is 0. The fourth-order valence-electron chi connectivity index (χ4n) is 2.98. The van der Waals surface area contributed by atoms with E-state index in [-0.39, 0.29) is 0 Å². The van der Waals surface area contributed by atoms with Gasteiger partial charge in [-0.05, 0) is 26.2 Å². The Morgan fingerprint density at radius 1 is 1.19 bits per heavy atom. The number of hydrogen-bond donors (Lipinski definition) is 1. The fraction of sp³-hybridized carbons (Fsp3) is 0.500. The molecule has 21 heavy (non-hydrogen) atoms. The maximum absolute atomic E-state index is 4.85. The maximum atomic E-state index is 4.85.